The van der Waals surface area contributed by atoms with E-state index in [1.54, 1.807) is 48.5 Å². The fourth-order valence-corrected chi connectivity index (χ4v) is 6.31. The smallest absolute Gasteiger partial charge is 0.252 e. The number of amides is 2. The molecule has 1 aliphatic rings. The van der Waals surface area contributed by atoms with E-state index in [4.69, 9.17) is 9.47 Å². The number of ether oxygens (including phenoxy) is 2. The number of carbonyl (C=O) groups is 2. The van der Waals surface area contributed by atoms with Crippen LogP contribution >= 0.6 is 0 Å². The van der Waals surface area contributed by atoms with Gasteiger partial charge in [-0.05, 0) is 60.7 Å². The second-order valence-electron chi connectivity index (χ2n) is 11.4. The number of fused-ring (bicyclic) bond motifs is 1. The molecule has 0 saturated heterocycles. The number of nitrogens with one attached hydrogen (secondary N) is 2. The number of benzene rings is 4. The van der Waals surface area contributed by atoms with Gasteiger partial charge in [0.15, 0.2) is 11.5 Å². The molecule has 5 rings (SSSR count). The van der Waals surface area contributed by atoms with Crippen LogP contribution in [0.25, 0.3) is 0 Å². The number of aryl methyl sites for hydroxylation is 2. The average Bonchev–Trinajstić information content (AvgIpc) is 3.08. The summed E-state index contributed by atoms with van der Waals surface area (Å²) in [4.78, 5) is 27.3. The third-order valence-corrected chi connectivity index (χ3v) is 9.17. The number of rotatable bonds is 13. The Morgan fingerprint density at radius 1 is 0.809 bits per heavy atom. The van der Waals surface area contributed by atoms with Crippen LogP contribution in [0.3, 0.4) is 0 Å². The first-order valence-electron chi connectivity index (χ1n) is 15.4. The maximum atomic E-state index is 15.5. The van der Waals surface area contributed by atoms with Crippen LogP contribution in [0.2, 0.25) is 0 Å². The molecule has 4 aromatic carbocycles. The number of hydrogen-bond donors (Lipinski definition) is 2. The lowest BCUT2D eigenvalue weighted by Crippen LogP contribution is -2.50. The molecule has 10 heteroatoms. The summed E-state index contributed by atoms with van der Waals surface area (Å²) < 4.78 is 52.6. The third-order valence-electron chi connectivity index (χ3n) is 7.73. The lowest BCUT2D eigenvalue weighted by molar-refractivity contribution is -0.123. The van der Waals surface area contributed by atoms with E-state index < -0.39 is 44.6 Å². The second-order valence-corrected chi connectivity index (χ2v) is 13.3. The molecule has 0 radical (unpaired) electrons. The maximum absolute atomic E-state index is 15.5. The number of halogens is 1. The fourth-order valence-electron chi connectivity index (χ4n) is 5.17. The van der Waals surface area contributed by atoms with Gasteiger partial charge in [0, 0.05) is 12.0 Å². The van der Waals surface area contributed by atoms with E-state index in [-0.39, 0.29) is 18.4 Å². The van der Waals surface area contributed by atoms with Crippen molar-refractivity contribution in [3.63, 3.8) is 0 Å². The van der Waals surface area contributed by atoms with Crippen molar-refractivity contribution in [3.05, 3.63) is 142 Å². The van der Waals surface area contributed by atoms with Gasteiger partial charge in [-0.2, -0.15) is 4.39 Å². The second kappa shape index (κ2) is 15.6. The molecule has 1 aliphatic heterocycles. The van der Waals surface area contributed by atoms with Crippen LogP contribution < -0.4 is 20.1 Å². The average molecular weight is 657 g/mol. The van der Waals surface area contributed by atoms with E-state index in [9.17, 15) is 18.0 Å². The molecule has 0 aromatic heterocycles. The van der Waals surface area contributed by atoms with Crippen molar-refractivity contribution in [1.82, 2.24) is 10.6 Å². The standard InChI is InChI=1S/C37H37FN2O6S/c1-26-12-14-28(15-13-26)22-32(40-36(41)30-17-19-33-34(23-30)46-21-20-45-33)37(42)39-31(18-16-27-8-4-2-5-9-27)24-35(38)47(43,44)25-29-10-6-3-7-11-29/h2-15,17,19,23-24,31-32H,16,18,20-22,25H2,1H3,(H,39,42)(H,40,41)/b35-24+/t31-,32-/m0/s1. The molecule has 8 nitrogen and oxygen atoms in total. The van der Waals surface area contributed by atoms with Gasteiger partial charge in [0.1, 0.15) is 19.3 Å². The minimum atomic E-state index is -4.31. The maximum Gasteiger partial charge on any atom is 0.252 e. The summed E-state index contributed by atoms with van der Waals surface area (Å²) in [6, 6.07) is 28.0. The summed E-state index contributed by atoms with van der Waals surface area (Å²) in [5.41, 5.74) is 3.49. The van der Waals surface area contributed by atoms with E-state index in [0.717, 1.165) is 22.8 Å². The van der Waals surface area contributed by atoms with Gasteiger partial charge in [0.2, 0.25) is 20.9 Å². The first-order chi connectivity index (χ1) is 22.7. The van der Waals surface area contributed by atoms with E-state index in [0.29, 0.717) is 36.7 Å². The van der Waals surface area contributed by atoms with Gasteiger partial charge < -0.3 is 20.1 Å². The molecule has 0 unspecified atom stereocenters. The summed E-state index contributed by atoms with van der Waals surface area (Å²) >= 11 is 0. The first kappa shape index (κ1) is 33.4. The highest BCUT2D eigenvalue weighted by molar-refractivity contribution is 7.94. The van der Waals surface area contributed by atoms with Crippen LogP contribution in [0.15, 0.2) is 114 Å². The molecule has 2 N–H and O–H groups in total. The van der Waals surface area contributed by atoms with Crippen molar-refractivity contribution in [1.29, 1.82) is 0 Å². The molecule has 0 bridgehead atoms. The van der Waals surface area contributed by atoms with Crippen molar-refractivity contribution in [3.8, 4) is 11.5 Å². The highest BCUT2D eigenvalue weighted by atomic mass is 32.2. The van der Waals surface area contributed by atoms with Crippen LogP contribution in [0.4, 0.5) is 4.39 Å². The van der Waals surface area contributed by atoms with Crippen LogP contribution in [0.1, 0.15) is 39.0 Å². The van der Waals surface area contributed by atoms with Crippen LogP contribution in [0, 0.1) is 6.92 Å². The Morgan fingerprint density at radius 3 is 2.13 bits per heavy atom. The molecular formula is C37H37FN2O6S. The highest BCUT2D eigenvalue weighted by Crippen LogP contribution is 2.30. The van der Waals surface area contributed by atoms with Crippen molar-refractivity contribution < 1.29 is 31.9 Å². The topological polar surface area (TPSA) is 111 Å². The van der Waals surface area contributed by atoms with Crippen LogP contribution in [-0.2, 0) is 33.2 Å². The predicted octanol–water partition coefficient (Wildman–Crippen LogP) is 5.65. The van der Waals surface area contributed by atoms with Crippen molar-refractivity contribution in [2.45, 2.75) is 44.0 Å². The Labute approximate surface area is 274 Å². The van der Waals surface area contributed by atoms with E-state index in [2.05, 4.69) is 10.6 Å². The summed E-state index contributed by atoms with van der Waals surface area (Å²) in [5, 5.41) is 4.31. The normalized spacial score (nSPS) is 14.1. The number of carbonyl (C=O) groups excluding carboxylic acids is 2. The minimum Gasteiger partial charge on any atom is -0.486 e. The molecule has 47 heavy (non-hydrogen) atoms. The lowest BCUT2D eigenvalue weighted by atomic mass is 10.0. The molecule has 4 aromatic rings. The first-order valence-corrected chi connectivity index (χ1v) is 17.1. The molecule has 1 heterocycles. The van der Waals surface area contributed by atoms with E-state index >= 15 is 4.39 Å². The Kier molecular flexibility index (Phi) is 11.1. The quantitative estimate of drug-likeness (QED) is 0.193. The Balaban J connectivity index is 1.39. The number of hydrogen-bond acceptors (Lipinski definition) is 6. The zero-order valence-electron chi connectivity index (χ0n) is 26.0. The van der Waals surface area contributed by atoms with Gasteiger partial charge in [-0.3, -0.25) is 9.59 Å². The molecule has 2 amide bonds. The zero-order valence-corrected chi connectivity index (χ0v) is 26.8. The molecular weight excluding hydrogens is 619 g/mol. The molecule has 0 spiro atoms. The van der Waals surface area contributed by atoms with Gasteiger partial charge in [0.25, 0.3) is 5.91 Å². The molecule has 0 fully saturated rings. The minimum absolute atomic E-state index is 0.145. The molecule has 0 saturated carbocycles. The summed E-state index contributed by atoms with van der Waals surface area (Å²) in [5.74, 6) is -0.654. The van der Waals surface area contributed by atoms with Gasteiger partial charge in [-0.15, -0.1) is 0 Å². The third kappa shape index (κ3) is 9.52. The predicted molar refractivity (Wildman–Crippen MR) is 179 cm³/mol. The van der Waals surface area contributed by atoms with Gasteiger partial charge in [-0.25, -0.2) is 8.42 Å². The molecule has 2 atom stereocenters. The largest absolute Gasteiger partial charge is 0.486 e. The van der Waals surface area contributed by atoms with Crippen LogP contribution in [-0.4, -0.2) is 45.5 Å². The fraction of sp³-hybridized carbons (Fsp3) is 0.243. The van der Waals surface area contributed by atoms with E-state index in [1.807, 2.05) is 61.5 Å². The molecule has 244 valence electrons. The van der Waals surface area contributed by atoms with Gasteiger partial charge >= 0.3 is 0 Å². The SMILES string of the molecule is Cc1ccc(C[C@H](NC(=O)c2ccc3c(c2)OCCO3)C(=O)N[C@H](/C=C(\F)S(=O)(=O)Cc2ccccc2)CCc2ccccc2)cc1. The Bertz CT molecular complexity index is 1810. The lowest BCUT2D eigenvalue weighted by Gasteiger charge is -2.23. The summed E-state index contributed by atoms with van der Waals surface area (Å²) in [6.45, 7) is 2.71. The monoisotopic (exact) mass is 656 g/mol. The van der Waals surface area contributed by atoms with Crippen molar-refractivity contribution >= 4 is 21.7 Å². The van der Waals surface area contributed by atoms with E-state index in [1.165, 1.54) is 0 Å². The number of sulfone groups is 1. The van der Waals surface area contributed by atoms with Gasteiger partial charge in [-0.1, -0.05) is 90.5 Å². The molecule has 0 aliphatic carbocycles. The summed E-state index contributed by atoms with van der Waals surface area (Å²) in [6.07, 6.45) is 1.76. The van der Waals surface area contributed by atoms with Crippen molar-refractivity contribution in [2.24, 2.45) is 0 Å². The Hall–Kier alpha value is -4.96. The Morgan fingerprint density at radius 2 is 1.45 bits per heavy atom. The van der Waals surface area contributed by atoms with Gasteiger partial charge in [0.05, 0.1) is 11.8 Å². The summed E-state index contributed by atoms with van der Waals surface area (Å²) in [7, 11) is -4.31. The highest BCUT2D eigenvalue weighted by Gasteiger charge is 2.27. The van der Waals surface area contributed by atoms with Crippen molar-refractivity contribution in [2.75, 3.05) is 13.2 Å². The van der Waals surface area contributed by atoms with Crippen LogP contribution in [0.5, 0.6) is 11.5 Å². The zero-order chi connectivity index (χ0) is 33.2.